The number of carbonyl (C=O) groups is 2. The Labute approximate surface area is 257 Å². The van der Waals surface area contributed by atoms with E-state index >= 15 is 0 Å². The molecule has 1 fully saturated rings. The Kier molecular flexibility index (Phi) is 11.0. The number of rotatable bonds is 12. The van der Waals surface area contributed by atoms with Crippen molar-refractivity contribution >= 4 is 43.5 Å². The highest BCUT2D eigenvalue weighted by Gasteiger charge is 2.34. The van der Waals surface area contributed by atoms with Crippen molar-refractivity contribution in [3.05, 3.63) is 94.5 Å². The first-order chi connectivity index (χ1) is 20.1. The molecule has 0 saturated heterocycles. The monoisotopic (exact) mass is 655 g/mol. The molecule has 224 valence electrons. The average molecular weight is 657 g/mol. The Hall–Kier alpha value is -3.37. The van der Waals surface area contributed by atoms with E-state index in [0.717, 1.165) is 58.3 Å². The van der Waals surface area contributed by atoms with Gasteiger partial charge in [0.05, 0.1) is 19.1 Å². The van der Waals surface area contributed by atoms with Crippen LogP contribution >= 0.6 is 15.9 Å². The summed E-state index contributed by atoms with van der Waals surface area (Å²) in [6.45, 7) is -0.314. The number of carbonyl (C=O) groups excluding carboxylic acids is 2. The van der Waals surface area contributed by atoms with Crippen LogP contribution in [-0.2, 0) is 32.6 Å². The van der Waals surface area contributed by atoms with Gasteiger partial charge in [-0.3, -0.25) is 13.9 Å². The molecule has 10 heteroatoms. The molecule has 1 aliphatic rings. The number of benzene rings is 3. The molecular formula is C32H38BrN3O5S. The normalized spacial score (nSPS) is 14.5. The number of ether oxygens (including phenoxy) is 1. The Bertz CT molecular complexity index is 1430. The summed E-state index contributed by atoms with van der Waals surface area (Å²) in [5, 5.41) is 3.21. The highest BCUT2D eigenvalue weighted by atomic mass is 79.9. The molecule has 0 aliphatic heterocycles. The number of amides is 2. The van der Waals surface area contributed by atoms with Crippen molar-refractivity contribution in [1.82, 2.24) is 10.2 Å². The molecule has 42 heavy (non-hydrogen) atoms. The molecular weight excluding hydrogens is 618 g/mol. The van der Waals surface area contributed by atoms with Crippen LogP contribution in [0.4, 0.5) is 5.69 Å². The molecule has 0 unspecified atom stereocenters. The number of halogens is 1. The first-order valence-corrected chi connectivity index (χ1v) is 16.8. The third-order valence-electron chi connectivity index (χ3n) is 7.53. The largest absolute Gasteiger partial charge is 0.497 e. The summed E-state index contributed by atoms with van der Waals surface area (Å²) in [5.41, 5.74) is 2.07. The molecule has 0 heterocycles. The Morgan fingerprint density at radius 3 is 2.17 bits per heavy atom. The first-order valence-electron chi connectivity index (χ1n) is 14.1. The van der Waals surface area contributed by atoms with Gasteiger partial charge in [-0.05, 0) is 60.4 Å². The number of nitrogens with zero attached hydrogens (tertiary/aromatic N) is 2. The first kappa shape index (κ1) is 31.6. The van der Waals surface area contributed by atoms with Gasteiger partial charge >= 0.3 is 0 Å². The molecule has 0 radical (unpaired) electrons. The number of methoxy groups -OCH3 is 1. The van der Waals surface area contributed by atoms with Crippen molar-refractivity contribution in [3.63, 3.8) is 0 Å². The van der Waals surface area contributed by atoms with Gasteiger partial charge in [-0.15, -0.1) is 0 Å². The summed E-state index contributed by atoms with van der Waals surface area (Å²) >= 11 is 3.46. The lowest BCUT2D eigenvalue weighted by molar-refractivity contribution is -0.140. The smallest absolute Gasteiger partial charge is 0.244 e. The summed E-state index contributed by atoms with van der Waals surface area (Å²) in [6, 6.07) is 22.8. The summed E-state index contributed by atoms with van der Waals surface area (Å²) in [4.78, 5) is 29.7. The van der Waals surface area contributed by atoms with Gasteiger partial charge in [0.2, 0.25) is 21.8 Å². The predicted octanol–water partition coefficient (Wildman–Crippen LogP) is 5.31. The number of anilines is 1. The SMILES string of the molecule is COc1ccc(N(CC(=O)N(Cc2ccc(Br)cc2)[C@H](Cc2ccccc2)C(=O)NC2CCCCC2)S(C)(=O)=O)cc1. The van der Waals surface area contributed by atoms with Crippen LogP contribution in [0.5, 0.6) is 5.75 Å². The molecule has 1 atom stereocenters. The van der Waals surface area contributed by atoms with Crippen molar-refractivity contribution in [2.75, 3.05) is 24.2 Å². The van der Waals surface area contributed by atoms with Crippen LogP contribution in [0.1, 0.15) is 43.2 Å². The predicted molar refractivity (Wildman–Crippen MR) is 169 cm³/mol. The van der Waals surface area contributed by atoms with E-state index in [9.17, 15) is 18.0 Å². The van der Waals surface area contributed by atoms with Gasteiger partial charge in [0.25, 0.3) is 0 Å². The maximum atomic E-state index is 14.2. The standard InChI is InChI=1S/C32H38BrN3O5S/c1-41-29-19-17-28(18-20-29)36(42(2,39)40)23-31(37)35(22-25-13-15-26(33)16-14-25)30(21-24-9-5-3-6-10-24)32(38)34-27-11-7-4-8-12-27/h3,5-6,9-10,13-20,27,30H,4,7-8,11-12,21-23H2,1-2H3,(H,34,38)/t30-/m1/s1. The van der Waals surface area contributed by atoms with E-state index in [1.807, 2.05) is 54.6 Å². The summed E-state index contributed by atoms with van der Waals surface area (Å²) in [6.07, 6.45) is 6.44. The molecule has 2 amide bonds. The van der Waals surface area contributed by atoms with Crippen LogP contribution in [-0.4, -0.2) is 57.1 Å². The maximum Gasteiger partial charge on any atom is 0.244 e. The molecule has 3 aromatic rings. The van der Waals surface area contributed by atoms with E-state index in [0.29, 0.717) is 17.9 Å². The number of sulfonamides is 1. The number of hydrogen-bond acceptors (Lipinski definition) is 5. The van der Waals surface area contributed by atoms with Crippen LogP contribution in [0.3, 0.4) is 0 Å². The molecule has 1 saturated carbocycles. The minimum Gasteiger partial charge on any atom is -0.497 e. The molecule has 0 bridgehead atoms. The minimum atomic E-state index is -3.83. The highest BCUT2D eigenvalue weighted by Crippen LogP contribution is 2.24. The maximum absolute atomic E-state index is 14.2. The van der Waals surface area contributed by atoms with Crippen LogP contribution < -0.4 is 14.4 Å². The van der Waals surface area contributed by atoms with Crippen molar-refractivity contribution in [1.29, 1.82) is 0 Å². The Morgan fingerprint density at radius 1 is 0.929 bits per heavy atom. The van der Waals surface area contributed by atoms with Gasteiger partial charge in [-0.2, -0.15) is 0 Å². The third-order valence-corrected chi connectivity index (χ3v) is 9.20. The fourth-order valence-corrected chi connectivity index (χ4v) is 6.36. The fourth-order valence-electron chi connectivity index (χ4n) is 5.25. The second-order valence-corrected chi connectivity index (χ2v) is 13.5. The van der Waals surface area contributed by atoms with E-state index < -0.39 is 28.5 Å². The molecule has 1 aliphatic carbocycles. The van der Waals surface area contributed by atoms with E-state index in [-0.39, 0.29) is 18.5 Å². The summed E-state index contributed by atoms with van der Waals surface area (Å²) < 4.78 is 33.1. The molecule has 0 aromatic heterocycles. The van der Waals surface area contributed by atoms with Gasteiger partial charge in [0.15, 0.2) is 0 Å². The van der Waals surface area contributed by atoms with Gasteiger partial charge in [0, 0.05) is 23.5 Å². The summed E-state index contributed by atoms with van der Waals surface area (Å²) in [7, 11) is -2.31. The van der Waals surface area contributed by atoms with E-state index in [1.165, 1.54) is 12.0 Å². The Balaban J connectivity index is 1.70. The third kappa shape index (κ3) is 8.82. The average Bonchev–Trinajstić information content (AvgIpc) is 2.99. The van der Waals surface area contributed by atoms with Crippen LogP contribution in [0, 0.1) is 0 Å². The van der Waals surface area contributed by atoms with Gasteiger partial charge in [0.1, 0.15) is 18.3 Å². The lowest BCUT2D eigenvalue weighted by Gasteiger charge is -2.35. The van der Waals surface area contributed by atoms with Gasteiger partial charge < -0.3 is 15.0 Å². The van der Waals surface area contributed by atoms with Gasteiger partial charge in [-0.25, -0.2) is 8.42 Å². The van der Waals surface area contributed by atoms with Crippen LogP contribution in [0.15, 0.2) is 83.3 Å². The number of nitrogens with one attached hydrogen (secondary N) is 1. The second-order valence-electron chi connectivity index (χ2n) is 10.7. The van der Waals surface area contributed by atoms with Crippen LogP contribution in [0.2, 0.25) is 0 Å². The zero-order valence-electron chi connectivity index (χ0n) is 24.0. The lowest BCUT2D eigenvalue weighted by Crippen LogP contribution is -2.55. The molecule has 0 spiro atoms. The van der Waals surface area contributed by atoms with E-state index in [4.69, 9.17) is 4.74 Å². The fraction of sp³-hybridized carbons (Fsp3) is 0.375. The molecule has 1 N–H and O–H groups in total. The van der Waals surface area contributed by atoms with Crippen molar-refractivity contribution in [2.45, 2.75) is 57.2 Å². The highest BCUT2D eigenvalue weighted by molar-refractivity contribution is 9.10. The molecule has 8 nitrogen and oxygen atoms in total. The van der Waals surface area contributed by atoms with E-state index in [2.05, 4.69) is 21.2 Å². The summed E-state index contributed by atoms with van der Waals surface area (Å²) in [5.74, 6) is -0.136. The van der Waals surface area contributed by atoms with Crippen molar-refractivity contribution < 1.29 is 22.7 Å². The zero-order chi connectivity index (χ0) is 30.1. The van der Waals surface area contributed by atoms with Crippen LogP contribution in [0.25, 0.3) is 0 Å². The van der Waals surface area contributed by atoms with E-state index in [1.54, 1.807) is 24.3 Å². The quantitative estimate of drug-likeness (QED) is 0.285. The van der Waals surface area contributed by atoms with Crippen molar-refractivity contribution in [3.8, 4) is 5.75 Å². The minimum absolute atomic E-state index is 0.0565. The topological polar surface area (TPSA) is 96.0 Å². The number of hydrogen-bond donors (Lipinski definition) is 1. The van der Waals surface area contributed by atoms with Crippen molar-refractivity contribution in [2.24, 2.45) is 0 Å². The van der Waals surface area contributed by atoms with Gasteiger partial charge in [-0.1, -0.05) is 77.7 Å². The lowest BCUT2D eigenvalue weighted by atomic mass is 9.94. The Morgan fingerprint density at radius 2 is 1.57 bits per heavy atom. The molecule has 3 aromatic carbocycles. The molecule has 4 rings (SSSR count). The second kappa shape index (κ2) is 14.7. The zero-order valence-corrected chi connectivity index (χ0v) is 26.4.